The summed E-state index contributed by atoms with van der Waals surface area (Å²) in [6.07, 6.45) is 1.10. The Morgan fingerprint density at radius 3 is 2.62 bits per heavy atom. The van der Waals surface area contributed by atoms with E-state index in [9.17, 15) is 19.7 Å². The minimum absolute atomic E-state index is 0.0493. The molecule has 21 heavy (non-hydrogen) atoms. The molecule has 0 atom stereocenters. The highest BCUT2D eigenvalue weighted by Crippen LogP contribution is 2.13. The molecule has 0 aliphatic heterocycles. The molecule has 0 aromatic heterocycles. The third kappa shape index (κ3) is 5.72. The zero-order chi connectivity index (χ0) is 15.8. The second kappa shape index (κ2) is 7.63. The van der Waals surface area contributed by atoms with E-state index in [1.54, 1.807) is 0 Å². The van der Waals surface area contributed by atoms with Crippen molar-refractivity contribution < 1.29 is 24.0 Å². The summed E-state index contributed by atoms with van der Waals surface area (Å²) in [4.78, 5) is 32.7. The molecule has 0 heterocycles. The number of esters is 2. The first-order valence-corrected chi connectivity index (χ1v) is 5.92. The van der Waals surface area contributed by atoms with Gasteiger partial charge in [-0.3, -0.25) is 10.1 Å². The van der Waals surface area contributed by atoms with Crippen LogP contribution in [0.4, 0.5) is 5.69 Å². The number of rotatable bonds is 6. The van der Waals surface area contributed by atoms with Crippen LogP contribution < -0.4 is 5.73 Å². The molecule has 1 aromatic rings. The predicted octanol–water partition coefficient (Wildman–Crippen LogP) is 1.16. The summed E-state index contributed by atoms with van der Waals surface area (Å²) in [5, 5.41) is 10.6. The van der Waals surface area contributed by atoms with Gasteiger partial charge in [-0.15, -0.1) is 0 Å². The van der Waals surface area contributed by atoms with Gasteiger partial charge in [0.25, 0.3) is 5.69 Å². The second-order valence-electron chi connectivity index (χ2n) is 4.00. The van der Waals surface area contributed by atoms with E-state index in [4.69, 9.17) is 15.2 Å². The maximum atomic E-state index is 11.6. The van der Waals surface area contributed by atoms with Crippen molar-refractivity contribution >= 4 is 17.6 Å². The Morgan fingerprint density at radius 2 is 2.00 bits per heavy atom. The predicted molar refractivity (Wildman–Crippen MR) is 72.3 cm³/mol. The number of nitro groups is 1. The fourth-order valence-electron chi connectivity index (χ4n) is 1.33. The molecule has 112 valence electrons. The zero-order valence-corrected chi connectivity index (χ0v) is 11.3. The van der Waals surface area contributed by atoms with Gasteiger partial charge in [-0.2, -0.15) is 0 Å². The van der Waals surface area contributed by atoms with Gasteiger partial charge in [0.1, 0.15) is 13.2 Å². The van der Waals surface area contributed by atoms with Crippen molar-refractivity contribution in [3.05, 3.63) is 51.7 Å². The van der Waals surface area contributed by atoms with Gasteiger partial charge in [-0.05, 0) is 13.0 Å². The first-order valence-electron chi connectivity index (χ1n) is 5.92. The third-order valence-corrected chi connectivity index (χ3v) is 2.20. The Bertz CT molecular complexity index is 578. The van der Waals surface area contributed by atoms with Crippen LogP contribution in [0.2, 0.25) is 0 Å². The number of ether oxygens (including phenoxy) is 2. The number of hydrogen-bond donors (Lipinski definition) is 1. The second-order valence-corrected chi connectivity index (χ2v) is 4.00. The summed E-state index contributed by atoms with van der Waals surface area (Å²) < 4.78 is 9.55. The molecule has 1 rings (SSSR count). The first kappa shape index (κ1) is 16.2. The fourth-order valence-corrected chi connectivity index (χ4v) is 1.33. The van der Waals surface area contributed by atoms with Crippen molar-refractivity contribution in [3.63, 3.8) is 0 Å². The van der Waals surface area contributed by atoms with E-state index in [1.807, 2.05) is 0 Å². The Hall–Kier alpha value is -2.90. The quantitative estimate of drug-likeness (QED) is 0.274. The van der Waals surface area contributed by atoms with E-state index in [0.29, 0.717) is 5.70 Å². The molecular formula is C13H14N2O6. The summed E-state index contributed by atoms with van der Waals surface area (Å²) in [6.45, 7) is 1.23. The zero-order valence-electron chi connectivity index (χ0n) is 11.3. The Labute approximate surface area is 120 Å². The lowest BCUT2D eigenvalue weighted by Gasteiger charge is -2.05. The van der Waals surface area contributed by atoms with Crippen molar-refractivity contribution in [2.24, 2.45) is 5.73 Å². The van der Waals surface area contributed by atoms with Crippen molar-refractivity contribution in [3.8, 4) is 0 Å². The van der Waals surface area contributed by atoms with Gasteiger partial charge in [0, 0.05) is 23.9 Å². The normalized spacial score (nSPS) is 10.8. The summed E-state index contributed by atoms with van der Waals surface area (Å²) >= 11 is 0. The van der Waals surface area contributed by atoms with Crippen molar-refractivity contribution in [2.45, 2.75) is 6.92 Å². The summed E-state index contributed by atoms with van der Waals surface area (Å²) in [5.74, 6) is -1.37. The first-order chi connectivity index (χ1) is 9.90. The molecule has 0 aliphatic carbocycles. The van der Waals surface area contributed by atoms with Gasteiger partial charge in [-0.1, -0.05) is 6.07 Å². The van der Waals surface area contributed by atoms with Gasteiger partial charge in [0.2, 0.25) is 0 Å². The molecule has 8 nitrogen and oxygen atoms in total. The molecule has 1 aromatic carbocycles. The molecule has 0 saturated heterocycles. The van der Waals surface area contributed by atoms with Crippen LogP contribution in [0.3, 0.4) is 0 Å². The fraction of sp³-hybridized carbons (Fsp3) is 0.231. The van der Waals surface area contributed by atoms with Crippen molar-refractivity contribution in [2.75, 3.05) is 13.2 Å². The molecule has 0 amide bonds. The SMILES string of the molecule is C/C(N)=C/C(=O)OCCOC(=O)c1cccc([N+](=O)[O-])c1. The Morgan fingerprint density at radius 1 is 1.33 bits per heavy atom. The highest BCUT2D eigenvalue weighted by molar-refractivity contribution is 5.90. The van der Waals surface area contributed by atoms with Crippen molar-refractivity contribution in [1.29, 1.82) is 0 Å². The average molecular weight is 294 g/mol. The van der Waals surface area contributed by atoms with Gasteiger partial charge in [0.05, 0.1) is 10.5 Å². The van der Waals surface area contributed by atoms with Crippen LogP contribution in [0.25, 0.3) is 0 Å². The number of nitro benzene ring substituents is 1. The number of carbonyl (C=O) groups is 2. The number of nitrogens with zero attached hydrogens (tertiary/aromatic N) is 1. The Balaban J connectivity index is 2.44. The molecule has 0 unspecified atom stereocenters. The monoisotopic (exact) mass is 294 g/mol. The van der Waals surface area contributed by atoms with Crippen LogP contribution in [0.5, 0.6) is 0 Å². The Kier molecular flexibility index (Phi) is 5.87. The number of allylic oxidation sites excluding steroid dienone is 1. The largest absolute Gasteiger partial charge is 0.459 e. The number of benzene rings is 1. The number of carbonyl (C=O) groups excluding carboxylic acids is 2. The van der Waals surface area contributed by atoms with E-state index >= 15 is 0 Å². The van der Waals surface area contributed by atoms with Gasteiger partial charge < -0.3 is 15.2 Å². The molecule has 0 spiro atoms. The maximum absolute atomic E-state index is 11.6. The third-order valence-electron chi connectivity index (χ3n) is 2.20. The number of hydrogen-bond acceptors (Lipinski definition) is 7. The van der Waals surface area contributed by atoms with E-state index in [2.05, 4.69) is 0 Å². The highest BCUT2D eigenvalue weighted by Gasteiger charge is 2.12. The molecular weight excluding hydrogens is 280 g/mol. The molecule has 0 radical (unpaired) electrons. The van der Waals surface area contributed by atoms with Crippen LogP contribution in [0.1, 0.15) is 17.3 Å². The van der Waals surface area contributed by atoms with Gasteiger partial charge in [-0.25, -0.2) is 9.59 Å². The standard InChI is InChI=1S/C13H14N2O6/c1-9(14)7-12(16)20-5-6-21-13(17)10-3-2-4-11(8-10)15(18)19/h2-4,7-8H,5-6,14H2,1H3/b9-7-. The smallest absolute Gasteiger partial charge is 0.338 e. The van der Waals surface area contributed by atoms with Crippen LogP contribution in [-0.4, -0.2) is 30.1 Å². The van der Waals surface area contributed by atoms with E-state index in [1.165, 1.54) is 25.1 Å². The minimum atomic E-state index is -0.736. The highest BCUT2D eigenvalue weighted by atomic mass is 16.6. The lowest BCUT2D eigenvalue weighted by Crippen LogP contribution is -2.13. The van der Waals surface area contributed by atoms with E-state index < -0.39 is 16.9 Å². The lowest BCUT2D eigenvalue weighted by atomic mass is 10.2. The minimum Gasteiger partial charge on any atom is -0.459 e. The number of nitrogens with two attached hydrogens (primary N) is 1. The average Bonchev–Trinajstić information content (AvgIpc) is 2.42. The van der Waals surface area contributed by atoms with E-state index in [0.717, 1.165) is 12.1 Å². The molecule has 0 fully saturated rings. The molecule has 0 bridgehead atoms. The molecule has 0 saturated carbocycles. The molecule has 2 N–H and O–H groups in total. The topological polar surface area (TPSA) is 122 Å². The molecule has 8 heteroatoms. The summed E-state index contributed by atoms with van der Waals surface area (Å²) in [6, 6.07) is 5.14. The number of non-ortho nitro benzene ring substituents is 1. The van der Waals surface area contributed by atoms with Crippen LogP contribution in [0.15, 0.2) is 36.0 Å². The van der Waals surface area contributed by atoms with Crippen molar-refractivity contribution in [1.82, 2.24) is 0 Å². The van der Waals surface area contributed by atoms with Gasteiger partial charge >= 0.3 is 11.9 Å². The van der Waals surface area contributed by atoms with Crippen LogP contribution >= 0.6 is 0 Å². The van der Waals surface area contributed by atoms with Crippen LogP contribution in [0, 0.1) is 10.1 Å². The molecule has 0 aliphatic rings. The van der Waals surface area contributed by atoms with Crippen LogP contribution in [-0.2, 0) is 14.3 Å². The summed E-state index contributed by atoms with van der Waals surface area (Å²) in [5.41, 5.74) is 5.42. The van der Waals surface area contributed by atoms with E-state index in [-0.39, 0.29) is 24.5 Å². The lowest BCUT2D eigenvalue weighted by molar-refractivity contribution is -0.384. The maximum Gasteiger partial charge on any atom is 0.338 e. The van der Waals surface area contributed by atoms with Gasteiger partial charge in [0.15, 0.2) is 0 Å². The summed E-state index contributed by atoms with van der Waals surface area (Å²) in [7, 11) is 0.